The fraction of sp³-hybridized carbons (Fsp3) is 0.375. The van der Waals surface area contributed by atoms with E-state index >= 15 is 0 Å². The van der Waals surface area contributed by atoms with Crippen molar-refractivity contribution in [3.63, 3.8) is 0 Å². The largest absolute Gasteiger partial charge is 0.351 e. The van der Waals surface area contributed by atoms with Crippen LogP contribution >= 0.6 is 0 Å². The first-order valence-corrected chi connectivity index (χ1v) is 7.32. The number of carbonyl (C=O) groups is 2. The number of aromatic amines is 1. The topological polar surface area (TPSA) is 65.2 Å². The number of benzene rings is 1. The Bertz CT molecular complexity index is 718. The zero-order chi connectivity index (χ0) is 15.0. The van der Waals surface area contributed by atoms with Crippen LogP contribution in [0.25, 0.3) is 10.9 Å². The van der Waals surface area contributed by atoms with Gasteiger partial charge in [-0.2, -0.15) is 0 Å². The maximum Gasteiger partial charge on any atom is 0.269 e. The van der Waals surface area contributed by atoms with E-state index in [0.717, 1.165) is 28.6 Å². The zero-order valence-electron chi connectivity index (χ0n) is 12.3. The van der Waals surface area contributed by atoms with E-state index in [4.69, 9.17) is 0 Å². The van der Waals surface area contributed by atoms with Crippen molar-refractivity contribution in [3.05, 3.63) is 29.5 Å². The van der Waals surface area contributed by atoms with Crippen LogP contribution in [0.15, 0.2) is 18.2 Å². The minimum atomic E-state index is -0.166. The SMILES string of the molecule is CCNC(=O)c1[nH]c2ccc(C)cc2c1N1CCCC1=O. The first kappa shape index (κ1) is 13.7. The fourth-order valence-corrected chi connectivity index (χ4v) is 2.87. The van der Waals surface area contributed by atoms with Gasteiger partial charge < -0.3 is 15.2 Å². The van der Waals surface area contributed by atoms with Gasteiger partial charge in [-0.05, 0) is 32.4 Å². The molecule has 5 heteroatoms. The van der Waals surface area contributed by atoms with Gasteiger partial charge in [0.05, 0.1) is 5.69 Å². The van der Waals surface area contributed by atoms with Gasteiger partial charge in [-0.1, -0.05) is 11.6 Å². The number of amides is 2. The van der Waals surface area contributed by atoms with Crippen LogP contribution in [0.2, 0.25) is 0 Å². The van der Waals surface area contributed by atoms with E-state index in [-0.39, 0.29) is 11.8 Å². The average Bonchev–Trinajstić information content (AvgIpc) is 3.02. The molecule has 110 valence electrons. The molecule has 1 aliphatic heterocycles. The maximum absolute atomic E-state index is 12.3. The van der Waals surface area contributed by atoms with Crippen molar-refractivity contribution in [2.45, 2.75) is 26.7 Å². The normalized spacial score (nSPS) is 15.0. The molecule has 0 unspecified atom stereocenters. The summed E-state index contributed by atoms with van der Waals surface area (Å²) in [5, 5.41) is 3.74. The van der Waals surface area contributed by atoms with Crippen molar-refractivity contribution < 1.29 is 9.59 Å². The highest BCUT2D eigenvalue weighted by molar-refractivity contribution is 6.13. The second-order valence-electron chi connectivity index (χ2n) is 5.41. The van der Waals surface area contributed by atoms with Gasteiger partial charge in [0.2, 0.25) is 5.91 Å². The maximum atomic E-state index is 12.3. The number of hydrogen-bond donors (Lipinski definition) is 2. The van der Waals surface area contributed by atoms with Gasteiger partial charge in [0.15, 0.2) is 0 Å². The quantitative estimate of drug-likeness (QED) is 0.909. The van der Waals surface area contributed by atoms with E-state index in [1.54, 1.807) is 4.90 Å². The molecule has 0 bridgehead atoms. The molecule has 1 aromatic carbocycles. The van der Waals surface area contributed by atoms with Crippen LogP contribution in [0.1, 0.15) is 35.8 Å². The molecule has 0 spiro atoms. The Kier molecular flexibility index (Phi) is 3.41. The van der Waals surface area contributed by atoms with E-state index in [0.29, 0.717) is 25.2 Å². The number of nitrogens with zero attached hydrogens (tertiary/aromatic N) is 1. The molecule has 2 amide bonds. The lowest BCUT2D eigenvalue weighted by atomic mass is 10.1. The number of anilines is 1. The zero-order valence-corrected chi connectivity index (χ0v) is 12.3. The lowest BCUT2D eigenvalue weighted by Crippen LogP contribution is -2.29. The number of H-pyrrole nitrogens is 1. The molecule has 0 radical (unpaired) electrons. The molecule has 1 aliphatic rings. The highest BCUT2D eigenvalue weighted by Crippen LogP contribution is 2.34. The van der Waals surface area contributed by atoms with E-state index in [9.17, 15) is 9.59 Å². The Hall–Kier alpha value is -2.30. The standard InChI is InChI=1S/C16H19N3O2/c1-3-17-16(21)14-15(19-8-4-5-13(19)20)11-9-10(2)6-7-12(11)18-14/h6-7,9,18H,3-5,8H2,1-2H3,(H,17,21). The van der Waals surface area contributed by atoms with Crippen LogP contribution in [0.3, 0.4) is 0 Å². The Morgan fingerprint density at radius 1 is 1.43 bits per heavy atom. The number of nitrogens with one attached hydrogen (secondary N) is 2. The lowest BCUT2D eigenvalue weighted by Gasteiger charge is -2.17. The molecule has 2 N–H and O–H groups in total. The van der Waals surface area contributed by atoms with Crippen LogP contribution in [0.5, 0.6) is 0 Å². The second-order valence-corrected chi connectivity index (χ2v) is 5.41. The van der Waals surface area contributed by atoms with Gasteiger partial charge in [0.25, 0.3) is 5.91 Å². The molecular weight excluding hydrogens is 266 g/mol. The molecule has 1 aromatic heterocycles. The molecule has 2 aromatic rings. The summed E-state index contributed by atoms with van der Waals surface area (Å²) in [7, 11) is 0. The van der Waals surface area contributed by atoms with E-state index < -0.39 is 0 Å². The molecule has 0 saturated carbocycles. The lowest BCUT2D eigenvalue weighted by molar-refractivity contribution is -0.117. The summed E-state index contributed by atoms with van der Waals surface area (Å²) in [6, 6.07) is 5.98. The number of fused-ring (bicyclic) bond motifs is 1. The fourth-order valence-electron chi connectivity index (χ4n) is 2.87. The molecule has 1 saturated heterocycles. The number of aryl methyl sites for hydroxylation is 1. The smallest absolute Gasteiger partial charge is 0.269 e. The number of hydrogen-bond acceptors (Lipinski definition) is 2. The van der Waals surface area contributed by atoms with Crippen molar-refractivity contribution >= 4 is 28.4 Å². The van der Waals surface area contributed by atoms with E-state index in [2.05, 4.69) is 10.3 Å². The Morgan fingerprint density at radius 3 is 2.90 bits per heavy atom. The minimum absolute atomic E-state index is 0.0861. The van der Waals surface area contributed by atoms with Crippen LogP contribution < -0.4 is 10.2 Å². The van der Waals surface area contributed by atoms with Crippen molar-refractivity contribution in [2.24, 2.45) is 0 Å². The first-order chi connectivity index (χ1) is 10.1. The van der Waals surface area contributed by atoms with Crippen LogP contribution in [-0.4, -0.2) is 29.9 Å². The van der Waals surface area contributed by atoms with Gasteiger partial charge in [-0.25, -0.2) is 0 Å². The Balaban J connectivity index is 2.21. The van der Waals surface area contributed by atoms with Gasteiger partial charge in [0.1, 0.15) is 5.69 Å². The van der Waals surface area contributed by atoms with Gasteiger partial charge >= 0.3 is 0 Å². The van der Waals surface area contributed by atoms with Gasteiger partial charge in [0, 0.05) is 30.4 Å². The Morgan fingerprint density at radius 2 is 2.24 bits per heavy atom. The van der Waals surface area contributed by atoms with Crippen LogP contribution in [0.4, 0.5) is 5.69 Å². The molecule has 1 fully saturated rings. The monoisotopic (exact) mass is 285 g/mol. The average molecular weight is 285 g/mol. The third-order valence-electron chi connectivity index (χ3n) is 3.83. The summed E-state index contributed by atoms with van der Waals surface area (Å²) in [5.74, 6) is -0.0796. The van der Waals surface area contributed by atoms with Crippen LogP contribution in [-0.2, 0) is 4.79 Å². The summed E-state index contributed by atoms with van der Waals surface area (Å²) < 4.78 is 0. The van der Waals surface area contributed by atoms with Crippen LogP contribution in [0, 0.1) is 6.92 Å². The number of carbonyl (C=O) groups excluding carboxylic acids is 2. The summed E-state index contributed by atoms with van der Waals surface area (Å²) in [4.78, 5) is 29.3. The summed E-state index contributed by atoms with van der Waals surface area (Å²) in [6.07, 6.45) is 1.39. The highest BCUT2D eigenvalue weighted by atomic mass is 16.2. The molecule has 0 aliphatic carbocycles. The summed E-state index contributed by atoms with van der Waals surface area (Å²) >= 11 is 0. The predicted molar refractivity (Wildman–Crippen MR) is 82.6 cm³/mol. The minimum Gasteiger partial charge on any atom is -0.351 e. The highest BCUT2D eigenvalue weighted by Gasteiger charge is 2.29. The molecular formula is C16H19N3O2. The van der Waals surface area contributed by atoms with E-state index in [1.165, 1.54) is 0 Å². The first-order valence-electron chi connectivity index (χ1n) is 7.32. The third kappa shape index (κ3) is 2.28. The molecule has 5 nitrogen and oxygen atoms in total. The summed E-state index contributed by atoms with van der Waals surface area (Å²) in [6.45, 7) is 5.12. The number of aromatic nitrogens is 1. The predicted octanol–water partition coefficient (Wildman–Crippen LogP) is 2.35. The van der Waals surface area contributed by atoms with Crippen molar-refractivity contribution in [2.75, 3.05) is 18.0 Å². The van der Waals surface area contributed by atoms with Crippen molar-refractivity contribution in [3.8, 4) is 0 Å². The van der Waals surface area contributed by atoms with Gasteiger partial charge in [-0.3, -0.25) is 9.59 Å². The van der Waals surface area contributed by atoms with E-state index in [1.807, 2.05) is 32.0 Å². The molecule has 0 atom stereocenters. The second kappa shape index (κ2) is 5.24. The molecule has 3 rings (SSSR count). The molecule has 2 heterocycles. The van der Waals surface area contributed by atoms with Crippen molar-refractivity contribution in [1.29, 1.82) is 0 Å². The third-order valence-corrected chi connectivity index (χ3v) is 3.83. The summed E-state index contributed by atoms with van der Waals surface area (Å²) in [5.41, 5.74) is 3.20. The van der Waals surface area contributed by atoms with Gasteiger partial charge in [-0.15, -0.1) is 0 Å². The van der Waals surface area contributed by atoms with Crippen molar-refractivity contribution in [1.82, 2.24) is 10.3 Å². The Labute approximate surface area is 123 Å². The number of rotatable bonds is 3. The molecule has 21 heavy (non-hydrogen) atoms.